The molecule has 1 amide bonds. The number of carbonyl (C=O) groups is 1. The van der Waals surface area contributed by atoms with Gasteiger partial charge in [0.05, 0.1) is 0 Å². The second-order valence-corrected chi connectivity index (χ2v) is 5.40. The number of amides is 1. The Morgan fingerprint density at radius 1 is 1.40 bits per heavy atom. The first kappa shape index (κ1) is 14.9. The Kier molecular flexibility index (Phi) is 5.41. The molecule has 0 spiro atoms. The molecule has 0 unspecified atom stereocenters. The van der Waals surface area contributed by atoms with Crippen molar-refractivity contribution >= 4 is 5.91 Å². The maximum absolute atomic E-state index is 11.6. The molecule has 1 aromatic carbocycles. The smallest absolute Gasteiger partial charge is 0.222 e. The summed E-state index contributed by atoms with van der Waals surface area (Å²) in [5.74, 6) is 1.31. The summed E-state index contributed by atoms with van der Waals surface area (Å²) < 4.78 is 5.76. The summed E-state index contributed by atoms with van der Waals surface area (Å²) >= 11 is 0. The summed E-state index contributed by atoms with van der Waals surface area (Å²) in [6.07, 6.45) is 1.90. The largest absolute Gasteiger partial charge is 0.492 e. The lowest BCUT2D eigenvalue weighted by Crippen LogP contribution is -2.41. The molecule has 1 heterocycles. The highest BCUT2D eigenvalue weighted by Gasteiger charge is 2.23. The van der Waals surface area contributed by atoms with E-state index in [0.717, 1.165) is 38.2 Å². The molecule has 0 bridgehead atoms. The van der Waals surface area contributed by atoms with E-state index in [1.165, 1.54) is 5.56 Å². The minimum Gasteiger partial charge on any atom is -0.492 e. The maximum atomic E-state index is 11.6. The van der Waals surface area contributed by atoms with E-state index in [1.807, 2.05) is 12.1 Å². The van der Waals surface area contributed by atoms with Crippen LogP contribution in [0.1, 0.15) is 18.4 Å². The van der Waals surface area contributed by atoms with E-state index >= 15 is 0 Å². The fraction of sp³-hybridized carbons (Fsp3) is 0.562. The molecule has 4 heteroatoms. The van der Waals surface area contributed by atoms with E-state index in [4.69, 9.17) is 4.74 Å². The molecule has 1 aliphatic heterocycles. The van der Waals surface area contributed by atoms with Crippen LogP contribution in [0.15, 0.2) is 24.3 Å². The Labute approximate surface area is 121 Å². The van der Waals surface area contributed by atoms with Crippen LogP contribution in [0.2, 0.25) is 0 Å². The van der Waals surface area contributed by atoms with Gasteiger partial charge in [-0.2, -0.15) is 0 Å². The first-order valence-corrected chi connectivity index (χ1v) is 7.32. The minimum atomic E-state index is 0.181. The summed E-state index contributed by atoms with van der Waals surface area (Å²) in [6, 6.07) is 8.12. The van der Waals surface area contributed by atoms with E-state index < -0.39 is 0 Å². The average Bonchev–Trinajstić information content (AvgIpc) is 2.47. The second kappa shape index (κ2) is 7.29. The third kappa shape index (κ3) is 4.23. The Hall–Kier alpha value is -1.55. The molecule has 1 N–H and O–H groups in total. The highest BCUT2D eigenvalue weighted by atomic mass is 16.5. The van der Waals surface area contributed by atoms with Crippen LogP contribution < -0.4 is 10.1 Å². The zero-order valence-electron chi connectivity index (χ0n) is 12.4. The number of nitrogens with zero attached hydrogens (tertiary/aromatic N) is 1. The number of likely N-dealkylation sites (tertiary alicyclic amines) is 1. The monoisotopic (exact) mass is 276 g/mol. The fourth-order valence-electron chi connectivity index (χ4n) is 2.62. The van der Waals surface area contributed by atoms with Crippen molar-refractivity contribution < 1.29 is 9.53 Å². The van der Waals surface area contributed by atoms with Crippen LogP contribution in [0.5, 0.6) is 5.75 Å². The number of carbonyl (C=O) groups excluding carboxylic acids is 1. The van der Waals surface area contributed by atoms with Crippen LogP contribution in [0, 0.1) is 12.8 Å². The number of benzene rings is 1. The van der Waals surface area contributed by atoms with Crippen molar-refractivity contribution in [2.75, 3.05) is 33.3 Å². The maximum Gasteiger partial charge on any atom is 0.222 e. The lowest BCUT2D eigenvalue weighted by atomic mass is 9.96. The van der Waals surface area contributed by atoms with Gasteiger partial charge < -0.3 is 10.1 Å². The van der Waals surface area contributed by atoms with Crippen LogP contribution in [0.4, 0.5) is 0 Å². The molecule has 1 aromatic rings. The van der Waals surface area contributed by atoms with E-state index in [1.54, 1.807) is 7.05 Å². The number of hydrogen-bond donors (Lipinski definition) is 1. The minimum absolute atomic E-state index is 0.181. The zero-order chi connectivity index (χ0) is 14.4. The van der Waals surface area contributed by atoms with E-state index in [9.17, 15) is 4.79 Å². The normalized spacial score (nSPS) is 16.9. The molecule has 0 saturated carbocycles. The molecule has 0 aliphatic carbocycles. The quantitative estimate of drug-likeness (QED) is 0.892. The van der Waals surface area contributed by atoms with Crippen molar-refractivity contribution in [3.05, 3.63) is 29.8 Å². The second-order valence-electron chi connectivity index (χ2n) is 5.40. The summed E-state index contributed by atoms with van der Waals surface area (Å²) in [4.78, 5) is 13.9. The Balaban J connectivity index is 1.67. The first-order chi connectivity index (χ1) is 9.69. The topological polar surface area (TPSA) is 41.6 Å². The number of nitrogens with one attached hydrogen (secondary N) is 1. The van der Waals surface area contributed by atoms with Crippen molar-refractivity contribution in [2.24, 2.45) is 5.92 Å². The SMILES string of the molecule is CNC(=O)C1CCN(CCOc2cccc(C)c2)CC1. The molecule has 4 nitrogen and oxygen atoms in total. The van der Waals surface area contributed by atoms with E-state index in [2.05, 4.69) is 29.3 Å². The molecule has 20 heavy (non-hydrogen) atoms. The molecule has 0 aromatic heterocycles. The number of rotatable bonds is 5. The summed E-state index contributed by atoms with van der Waals surface area (Å²) in [5, 5.41) is 2.74. The van der Waals surface area contributed by atoms with Crippen molar-refractivity contribution in [1.82, 2.24) is 10.2 Å². The predicted molar refractivity (Wildman–Crippen MR) is 79.9 cm³/mol. The molecule has 0 atom stereocenters. The van der Waals surface area contributed by atoms with Gasteiger partial charge in [-0.3, -0.25) is 9.69 Å². The van der Waals surface area contributed by atoms with Gasteiger partial charge in [-0.1, -0.05) is 12.1 Å². The Morgan fingerprint density at radius 2 is 2.15 bits per heavy atom. The molecule has 1 aliphatic rings. The van der Waals surface area contributed by atoms with Crippen molar-refractivity contribution in [1.29, 1.82) is 0 Å². The summed E-state index contributed by atoms with van der Waals surface area (Å²) in [5.41, 5.74) is 1.22. The molecule has 1 saturated heterocycles. The average molecular weight is 276 g/mol. The van der Waals surface area contributed by atoms with Gasteiger partial charge in [-0.05, 0) is 50.6 Å². The van der Waals surface area contributed by atoms with Crippen LogP contribution in [0.3, 0.4) is 0 Å². The van der Waals surface area contributed by atoms with Gasteiger partial charge in [0.25, 0.3) is 0 Å². The van der Waals surface area contributed by atoms with E-state index in [0.29, 0.717) is 6.61 Å². The molecule has 110 valence electrons. The van der Waals surface area contributed by atoms with Crippen molar-refractivity contribution in [3.63, 3.8) is 0 Å². The number of hydrogen-bond acceptors (Lipinski definition) is 3. The summed E-state index contributed by atoms with van der Waals surface area (Å²) in [6.45, 7) is 5.66. The van der Waals surface area contributed by atoms with Crippen molar-refractivity contribution in [3.8, 4) is 5.75 Å². The van der Waals surface area contributed by atoms with Gasteiger partial charge in [0.1, 0.15) is 12.4 Å². The van der Waals surface area contributed by atoms with Crippen LogP contribution in [-0.4, -0.2) is 44.1 Å². The first-order valence-electron chi connectivity index (χ1n) is 7.32. The molecular formula is C16H24N2O2. The van der Waals surface area contributed by atoms with Gasteiger partial charge in [0, 0.05) is 19.5 Å². The predicted octanol–water partition coefficient (Wildman–Crippen LogP) is 1.83. The van der Waals surface area contributed by atoms with Crippen LogP contribution >= 0.6 is 0 Å². The highest BCUT2D eigenvalue weighted by molar-refractivity contribution is 5.78. The van der Waals surface area contributed by atoms with Gasteiger partial charge in [0.15, 0.2) is 0 Å². The third-order valence-corrected chi connectivity index (χ3v) is 3.87. The van der Waals surface area contributed by atoms with Gasteiger partial charge >= 0.3 is 0 Å². The van der Waals surface area contributed by atoms with Crippen LogP contribution in [-0.2, 0) is 4.79 Å². The molecule has 0 radical (unpaired) electrons. The number of piperidine rings is 1. The summed E-state index contributed by atoms with van der Waals surface area (Å²) in [7, 11) is 1.71. The number of aryl methyl sites for hydroxylation is 1. The van der Waals surface area contributed by atoms with Crippen molar-refractivity contribution in [2.45, 2.75) is 19.8 Å². The molecule has 1 fully saturated rings. The lowest BCUT2D eigenvalue weighted by molar-refractivity contribution is -0.125. The highest BCUT2D eigenvalue weighted by Crippen LogP contribution is 2.17. The Bertz CT molecular complexity index is 440. The zero-order valence-corrected chi connectivity index (χ0v) is 12.4. The van der Waals surface area contributed by atoms with E-state index in [-0.39, 0.29) is 11.8 Å². The number of ether oxygens (including phenoxy) is 1. The molecule has 2 rings (SSSR count). The van der Waals surface area contributed by atoms with Crippen LogP contribution in [0.25, 0.3) is 0 Å². The van der Waals surface area contributed by atoms with Gasteiger partial charge in [-0.15, -0.1) is 0 Å². The van der Waals surface area contributed by atoms with Gasteiger partial charge in [0.2, 0.25) is 5.91 Å². The molecular weight excluding hydrogens is 252 g/mol. The lowest BCUT2D eigenvalue weighted by Gasteiger charge is -2.30. The standard InChI is InChI=1S/C16H24N2O2/c1-13-4-3-5-15(12-13)20-11-10-18-8-6-14(7-9-18)16(19)17-2/h3-5,12,14H,6-11H2,1-2H3,(H,17,19). The fourth-order valence-corrected chi connectivity index (χ4v) is 2.62. The Morgan fingerprint density at radius 3 is 2.80 bits per heavy atom. The third-order valence-electron chi connectivity index (χ3n) is 3.87. The van der Waals surface area contributed by atoms with Gasteiger partial charge in [-0.25, -0.2) is 0 Å².